The fourth-order valence-corrected chi connectivity index (χ4v) is 1.41. The number of rotatable bonds is 2. The number of H-pyrrole nitrogens is 1. The third-order valence-electron chi connectivity index (χ3n) is 2.23. The maximum atomic E-state index is 11.3. The van der Waals surface area contributed by atoms with E-state index in [1.165, 1.54) is 11.0 Å². The molecule has 4 heteroatoms. The van der Waals surface area contributed by atoms with Crippen LogP contribution in [0.1, 0.15) is 18.5 Å². The van der Waals surface area contributed by atoms with Gasteiger partial charge in [0.05, 0.1) is 6.04 Å². The Labute approximate surface area is 81.2 Å². The van der Waals surface area contributed by atoms with Crippen molar-refractivity contribution in [2.45, 2.75) is 13.0 Å². The molecule has 2 aromatic rings. The highest BCUT2D eigenvalue weighted by Gasteiger charge is 2.09. The van der Waals surface area contributed by atoms with Gasteiger partial charge in [0.2, 0.25) is 0 Å². The summed E-state index contributed by atoms with van der Waals surface area (Å²) in [5.41, 5.74) is 0.892. The van der Waals surface area contributed by atoms with E-state index < -0.39 is 0 Å². The van der Waals surface area contributed by atoms with Crippen LogP contribution in [0.4, 0.5) is 0 Å². The van der Waals surface area contributed by atoms with Crippen LogP contribution in [-0.2, 0) is 0 Å². The zero-order valence-electron chi connectivity index (χ0n) is 7.84. The van der Waals surface area contributed by atoms with Crippen LogP contribution < -0.4 is 5.69 Å². The van der Waals surface area contributed by atoms with Crippen LogP contribution >= 0.6 is 0 Å². The van der Waals surface area contributed by atoms with E-state index in [4.69, 9.17) is 0 Å². The molecule has 0 bridgehead atoms. The predicted octanol–water partition coefficient (Wildman–Crippen LogP) is 1.18. The zero-order chi connectivity index (χ0) is 9.97. The fraction of sp³-hybridized carbons (Fsp3) is 0.200. The number of nitrogens with zero attached hydrogens (tertiary/aromatic N) is 2. The third kappa shape index (κ3) is 1.46. The molecule has 1 heterocycles. The van der Waals surface area contributed by atoms with Gasteiger partial charge in [0.15, 0.2) is 0 Å². The van der Waals surface area contributed by atoms with Crippen molar-refractivity contribution < 1.29 is 0 Å². The molecule has 72 valence electrons. The summed E-state index contributed by atoms with van der Waals surface area (Å²) in [4.78, 5) is 13.8. The highest BCUT2D eigenvalue weighted by molar-refractivity contribution is 5.18. The largest absolute Gasteiger partial charge is 0.343 e. The van der Waals surface area contributed by atoms with Crippen molar-refractivity contribution >= 4 is 0 Å². The Balaban J connectivity index is 2.39. The molecule has 1 aromatic heterocycles. The lowest BCUT2D eigenvalue weighted by Gasteiger charge is -2.09. The number of aromatic nitrogens is 3. The molecule has 0 aliphatic carbocycles. The Hall–Kier alpha value is -1.84. The van der Waals surface area contributed by atoms with Gasteiger partial charge in [-0.3, -0.25) is 4.98 Å². The average molecular weight is 189 g/mol. The van der Waals surface area contributed by atoms with Gasteiger partial charge in [0.1, 0.15) is 6.33 Å². The molecule has 14 heavy (non-hydrogen) atoms. The van der Waals surface area contributed by atoms with Gasteiger partial charge in [-0.1, -0.05) is 30.3 Å². The Morgan fingerprint density at radius 1 is 1.36 bits per heavy atom. The highest BCUT2D eigenvalue weighted by Crippen LogP contribution is 2.13. The second kappa shape index (κ2) is 3.49. The molecular formula is C10H11N3O. The van der Waals surface area contributed by atoms with Crippen molar-refractivity contribution in [1.82, 2.24) is 14.8 Å². The Kier molecular flexibility index (Phi) is 2.18. The number of nitrogens with one attached hydrogen (secondary N) is 1. The first-order valence-corrected chi connectivity index (χ1v) is 4.46. The Morgan fingerprint density at radius 2 is 2.07 bits per heavy atom. The molecule has 1 atom stereocenters. The minimum absolute atomic E-state index is 0.0325. The average Bonchev–Trinajstić information content (AvgIpc) is 2.65. The summed E-state index contributed by atoms with van der Waals surface area (Å²) in [5, 5.41) is 3.94. The third-order valence-corrected chi connectivity index (χ3v) is 2.23. The van der Waals surface area contributed by atoms with E-state index in [9.17, 15) is 4.79 Å². The SMILES string of the molecule is CC(c1ccccc1)n1nc[nH]c1=O. The van der Waals surface area contributed by atoms with Crippen LogP contribution in [0.25, 0.3) is 0 Å². The van der Waals surface area contributed by atoms with E-state index in [0.717, 1.165) is 5.56 Å². The highest BCUT2D eigenvalue weighted by atomic mass is 16.1. The summed E-state index contributed by atoms with van der Waals surface area (Å²) < 4.78 is 1.43. The quantitative estimate of drug-likeness (QED) is 0.771. The van der Waals surface area contributed by atoms with Gasteiger partial charge in [0.25, 0.3) is 0 Å². The predicted molar refractivity (Wildman–Crippen MR) is 53.1 cm³/mol. The molecule has 2 rings (SSSR count). The first-order chi connectivity index (χ1) is 6.79. The molecule has 0 amide bonds. The molecule has 1 aromatic carbocycles. The molecule has 1 N–H and O–H groups in total. The van der Waals surface area contributed by atoms with Crippen LogP contribution in [0.2, 0.25) is 0 Å². The summed E-state index contributed by atoms with van der Waals surface area (Å²) in [7, 11) is 0. The van der Waals surface area contributed by atoms with E-state index in [-0.39, 0.29) is 11.7 Å². The fourth-order valence-electron chi connectivity index (χ4n) is 1.41. The summed E-state index contributed by atoms with van der Waals surface area (Å²) in [6.45, 7) is 1.94. The molecular weight excluding hydrogens is 178 g/mol. The molecule has 0 aliphatic rings. The number of benzene rings is 1. The number of aromatic amines is 1. The van der Waals surface area contributed by atoms with Crippen LogP contribution in [0.3, 0.4) is 0 Å². The number of hydrogen-bond acceptors (Lipinski definition) is 2. The minimum atomic E-state index is -0.179. The second-order valence-corrected chi connectivity index (χ2v) is 3.13. The molecule has 0 fully saturated rings. The smallest absolute Gasteiger partial charge is 0.295 e. The van der Waals surface area contributed by atoms with Crippen molar-refractivity contribution in [3.8, 4) is 0 Å². The van der Waals surface area contributed by atoms with Gasteiger partial charge >= 0.3 is 5.69 Å². The summed E-state index contributed by atoms with van der Waals surface area (Å²) in [6, 6.07) is 9.77. The van der Waals surface area contributed by atoms with Crippen molar-refractivity contribution in [3.05, 3.63) is 52.7 Å². The normalized spacial score (nSPS) is 12.6. The molecule has 0 saturated heterocycles. The monoisotopic (exact) mass is 189 g/mol. The Morgan fingerprint density at radius 3 is 2.64 bits per heavy atom. The van der Waals surface area contributed by atoms with Gasteiger partial charge in [0, 0.05) is 0 Å². The summed E-state index contributed by atoms with van der Waals surface area (Å²) in [5.74, 6) is 0. The summed E-state index contributed by atoms with van der Waals surface area (Å²) in [6.07, 6.45) is 1.40. The van der Waals surface area contributed by atoms with Gasteiger partial charge < -0.3 is 0 Å². The van der Waals surface area contributed by atoms with Crippen molar-refractivity contribution in [2.24, 2.45) is 0 Å². The van der Waals surface area contributed by atoms with E-state index in [0.29, 0.717) is 0 Å². The zero-order valence-corrected chi connectivity index (χ0v) is 7.84. The lowest BCUT2D eigenvalue weighted by Crippen LogP contribution is -2.22. The van der Waals surface area contributed by atoms with Crippen LogP contribution in [0.5, 0.6) is 0 Å². The van der Waals surface area contributed by atoms with Crippen molar-refractivity contribution in [3.63, 3.8) is 0 Å². The topological polar surface area (TPSA) is 50.7 Å². The summed E-state index contributed by atoms with van der Waals surface area (Å²) >= 11 is 0. The molecule has 0 saturated carbocycles. The second-order valence-electron chi connectivity index (χ2n) is 3.13. The van der Waals surface area contributed by atoms with Gasteiger partial charge in [-0.15, -0.1) is 0 Å². The van der Waals surface area contributed by atoms with Crippen molar-refractivity contribution in [2.75, 3.05) is 0 Å². The molecule has 0 spiro atoms. The van der Waals surface area contributed by atoms with Crippen molar-refractivity contribution in [1.29, 1.82) is 0 Å². The maximum Gasteiger partial charge on any atom is 0.343 e. The van der Waals surface area contributed by atoms with E-state index in [2.05, 4.69) is 10.1 Å². The lowest BCUT2D eigenvalue weighted by atomic mass is 10.1. The molecule has 0 radical (unpaired) electrons. The molecule has 4 nitrogen and oxygen atoms in total. The maximum absolute atomic E-state index is 11.3. The standard InChI is InChI=1S/C10H11N3O/c1-8(9-5-3-2-4-6-9)13-10(14)11-7-12-13/h2-8H,1H3,(H,11,12,14). The molecule has 0 aliphatic heterocycles. The van der Waals surface area contributed by atoms with Gasteiger partial charge in [-0.05, 0) is 12.5 Å². The van der Waals surface area contributed by atoms with Crippen LogP contribution in [0, 0.1) is 0 Å². The first kappa shape index (κ1) is 8.74. The number of hydrogen-bond donors (Lipinski definition) is 1. The van der Waals surface area contributed by atoms with E-state index >= 15 is 0 Å². The van der Waals surface area contributed by atoms with Crippen LogP contribution in [0.15, 0.2) is 41.5 Å². The van der Waals surface area contributed by atoms with Gasteiger partial charge in [-0.25, -0.2) is 9.48 Å². The van der Waals surface area contributed by atoms with E-state index in [1.807, 2.05) is 37.3 Å². The van der Waals surface area contributed by atoms with E-state index in [1.54, 1.807) is 0 Å². The minimum Gasteiger partial charge on any atom is -0.295 e. The Bertz CT molecular complexity index is 457. The first-order valence-electron chi connectivity index (χ1n) is 4.46. The molecule has 1 unspecified atom stereocenters. The van der Waals surface area contributed by atoms with Gasteiger partial charge in [-0.2, -0.15) is 5.10 Å². The van der Waals surface area contributed by atoms with Crippen LogP contribution in [-0.4, -0.2) is 14.8 Å². The lowest BCUT2D eigenvalue weighted by molar-refractivity contribution is 0.544.